The van der Waals surface area contributed by atoms with Crippen molar-refractivity contribution in [1.29, 1.82) is 0 Å². The summed E-state index contributed by atoms with van der Waals surface area (Å²) in [7, 11) is 0. The van der Waals surface area contributed by atoms with Crippen LogP contribution in [0.5, 0.6) is 0 Å². The molecule has 142 valence electrons. The van der Waals surface area contributed by atoms with Gasteiger partial charge in [-0.15, -0.1) is 10.2 Å². The Labute approximate surface area is 171 Å². The van der Waals surface area contributed by atoms with E-state index in [1.807, 2.05) is 30.3 Å². The zero-order valence-electron chi connectivity index (χ0n) is 14.8. The second-order valence-corrected chi connectivity index (χ2v) is 7.88. The standard InChI is InChI=1S/C20H17ClN4O2S/c21-14-7-4-6-13(12-14)20(27)25-11-5-10-16(25)18-23-24-19(28-18)17(26)22-15-8-2-1-3-9-15/h1-4,6-9,12,16H,5,10-11H2,(H,22,26)/t16-/m1/s1. The molecule has 28 heavy (non-hydrogen) atoms. The molecule has 1 fully saturated rings. The zero-order valence-corrected chi connectivity index (χ0v) is 16.4. The summed E-state index contributed by atoms with van der Waals surface area (Å²) in [5.41, 5.74) is 1.24. The molecule has 0 bridgehead atoms. The SMILES string of the molecule is O=C(Nc1ccccc1)c1nnc([C@H]2CCCN2C(=O)c2cccc(Cl)c2)s1. The molecule has 3 aromatic rings. The van der Waals surface area contributed by atoms with Crippen LogP contribution in [0.25, 0.3) is 0 Å². The zero-order chi connectivity index (χ0) is 19.5. The summed E-state index contributed by atoms with van der Waals surface area (Å²) in [6, 6.07) is 15.9. The molecule has 1 N–H and O–H groups in total. The molecule has 1 saturated heterocycles. The lowest BCUT2D eigenvalue weighted by Gasteiger charge is -2.22. The molecular formula is C20H17ClN4O2S. The molecule has 0 radical (unpaired) electrons. The number of benzene rings is 2. The number of hydrogen-bond acceptors (Lipinski definition) is 5. The summed E-state index contributed by atoms with van der Waals surface area (Å²) in [6.07, 6.45) is 1.67. The van der Waals surface area contributed by atoms with Gasteiger partial charge in [-0.1, -0.05) is 47.2 Å². The van der Waals surface area contributed by atoms with Crippen LogP contribution in [-0.4, -0.2) is 33.5 Å². The normalized spacial score (nSPS) is 16.2. The molecular weight excluding hydrogens is 396 g/mol. The van der Waals surface area contributed by atoms with Crippen molar-refractivity contribution < 1.29 is 9.59 Å². The Hall–Kier alpha value is -2.77. The van der Waals surface area contributed by atoms with Crippen LogP contribution >= 0.6 is 22.9 Å². The van der Waals surface area contributed by atoms with Gasteiger partial charge in [0.05, 0.1) is 6.04 Å². The van der Waals surface area contributed by atoms with E-state index in [0.29, 0.717) is 27.8 Å². The van der Waals surface area contributed by atoms with Crippen molar-refractivity contribution in [3.05, 3.63) is 75.2 Å². The molecule has 6 nitrogen and oxygen atoms in total. The van der Waals surface area contributed by atoms with Crippen molar-refractivity contribution in [3.63, 3.8) is 0 Å². The number of rotatable bonds is 4. The van der Waals surface area contributed by atoms with E-state index >= 15 is 0 Å². The van der Waals surface area contributed by atoms with Crippen molar-refractivity contribution >= 4 is 40.4 Å². The van der Waals surface area contributed by atoms with Crippen LogP contribution in [0.4, 0.5) is 5.69 Å². The van der Waals surface area contributed by atoms with E-state index < -0.39 is 0 Å². The maximum Gasteiger partial charge on any atom is 0.286 e. The first-order valence-corrected chi connectivity index (χ1v) is 10.1. The molecule has 4 rings (SSSR count). The molecule has 1 aliphatic rings. The Morgan fingerprint density at radius 2 is 1.93 bits per heavy atom. The Kier molecular flexibility index (Phi) is 5.36. The van der Waals surface area contributed by atoms with Gasteiger partial charge in [0, 0.05) is 22.8 Å². The van der Waals surface area contributed by atoms with Gasteiger partial charge >= 0.3 is 0 Å². The first-order chi connectivity index (χ1) is 13.6. The highest BCUT2D eigenvalue weighted by Crippen LogP contribution is 2.35. The molecule has 2 amide bonds. The number of nitrogens with one attached hydrogen (secondary N) is 1. The Morgan fingerprint density at radius 1 is 1.11 bits per heavy atom. The van der Waals surface area contributed by atoms with E-state index in [-0.39, 0.29) is 22.9 Å². The summed E-state index contributed by atoms with van der Waals surface area (Å²) in [5.74, 6) is -0.392. The summed E-state index contributed by atoms with van der Waals surface area (Å²) >= 11 is 7.24. The molecule has 0 saturated carbocycles. The van der Waals surface area contributed by atoms with Gasteiger partial charge in [-0.3, -0.25) is 9.59 Å². The molecule has 2 aromatic carbocycles. The molecule has 1 aromatic heterocycles. The number of carbonyl (C=O) groups excluding carboxylic acids is 2. The molecule has 0 spiro atoms. The van der Waals surface area contributed by atoms with Crippen LogP contribution in [0.3, 0.4) is 0 Å². The van der Waals surface area contributed by atoms with Crippen LogP contribution < -0.4 is 5.32 Å². The van der Waals surface area contributed by atoms with Gasteiger partial charge in [0.2, 0.25) is 5.01 Å². The Bertz CT molecular complexity index is 1010. The van der Waals surface area contributed by atoms with Crippen molar-refractivity contribution in [1.82, 2.24) is 15.1 Å². The van der Waals surface area contributed by atoms with Crippen LogP contribution in [0.2, 0.25) is 5.02 Å². The van der Waals surface area contributed by atoms with E-state index in [2.05, 4.69) is 15.5 Å². The highest BCUT2D eigenvalue weighted by molar-refractivity contribution is 7.13. The third-order valence-corrected chi connectivity index (χ3v) is 5.80. The third kappa shape index (κ3) is 3.90. The number of carbonyl (C=O) groups is 2. The maximum absolute atomic E-state index is 12.9. The number of halogens is 1. The fourth-order valence-corrected chi connectivity index (χ4v) is 4.30. The largest absolute Gasteiger partial charge is 0.329 e. The minimum atomic E-state index is -0.305. The van der Waals surface area contributed by atoms with Gasteiger partial charge in [0.25, 0.3) is 11.8 Å². The van der Waals surface area contributed by atoms with E-state index in [4.69, 9.17) is 11.6 Å². The van der Waals surface area contributed by atoms with Gasteiger partial charge in [-0.05, 0) is 43.2 Å². The van der Waals surface area contributed by atoms with Crippen LogP contribution in [0, 0.1) is 0 Å². The number of anilines is 1. The highest BCUT2D eigenvalue weighted by Gasteiger charge is 2.33. The van der Waals surface area contributed by atoms with Crippen LogP contribution in [-0.2, 0) is 0 Å². The predicted molar refractivity (Wildman–Crippen MR) is 109 cm³/mol. The number of hydrogen-bond donors (Lipinski definition) is 1. The molecule has 1 atom stereocenters. The number of nitrogens with zero attached hydrogens (tertiary/aromatic N) is 3. The van der Waals surface area contributed by atoms with Crippen LogP contribution in [0.1, 0.15) is 44.1 Å². The predicted octanol–water partition coefficient (Wildman–Crippen LogP) is 4.42. The Morgan fingerprint density at radius 3 is 2.71 bits per heavy atom. The second-order valence-electron chi connectivity index (χ2n) is 6.43. The molecule has 8 heteroatoms. The summed E-state index contributed by atoms with van der Waals surface area (Å²) in [5, 5.41) is 12.5. The number of likely N-dealkylation sites (tertiary alicyclic amines) is 1. The van der Waals surface area contributed by atoms with Crippen molar-refractivity contribution in [3.8, 4) is 0 Å². The van der Waals surface area contributed by atoms with E-state index in [9.17, 15) is 9.59 Å². The van der Waals surface area contributed by atoms with E-state index in [1.54, 1.807) is 29.2 Å². The number of para-hydroxylation sites is 1. The monoisotopic (exact) mass is 412 g/mol. The second kappa shape index (κ2) is 8.08. The van der Waals surface area contributed by atoms with Crippen molar-refractivity contribution in [2.45, 2.75) is 18.9 Å². The minimum absolute atomic E-state index is 0.0875. The topological polar surface area (TPSA) is 75.2 Å². The molecule has 0 unspecified atom stereocenters. The fourth-order valence-electron chi connectivity index (χ4n) is 3.22. The van der Waals surface area contributed by atoms with Gasteiger partial charge in [0.1, 0.15) is 5.01 Å². The average Bonchev–Trinajstić information content (AvgIpc) is 3.37. The van der Waals surface area contributed by atoms with Gasteiger partial charge < -0.3 is 10.2 Å². The Balaban J connectivity index is 1.51. The summed E-state index contributed by atoms with van der Waals surface area (Å²) in [6.45, 7) is 0.640. The maximum atomic E-state index is 12.9. The first-order valence-electron chi connectivity index (χ1n) is 8.88. The van der Waals surface area contributed by atoms with Crippen molar-refractivity contribution in [2.24, 2.45) is 0 Å². The summed E-state index contributed by atoms with van der Waals surface area (Å²) in [4.78, 5) is 27.1. The quantitative estimate of drug-likeness (QED) is 0.688. The van der Waals surface area contributed by atoms with Crippen LogP contribution in [0.15, 0.2) is 54.6 Å². The van der Waals surface area contributed by atoms with Gasteiger partial charge in [-0.25, -0.2) is 0 Å². The van der Waals surface area contributed by atoms with Crippen molar-refractivity contribution in [2.75, 3.05) is 11.9 Å². The van der Waals surface area contributed by atoms with E-state index in [1.165, 1.54) is 11.3 Å². The first kappa shape index (κ1) is 18.6. The number of aromatic nitrogens is 2. The lowest BCUT2D eigenvalue weighted by atomic mass is 10.1. The number of amides is 2. The van der Waals surface area contributed by atoms with E-state index in [0.717, 1.165) is 12.8 Å². The lowest BCUT2D eigenvalue weighted by Crippen LogP contribution is -2.30. The fraction of sp³-hybridized carbons (Fsp3) is 0.200. The summed E-state index contributed by atoms with van der Waals surface area (Å²) < 4.78 is 0. The third-order valence-electron chi connectivity index (χ3n) is 4.54. The average molecular weight is 413 g/mol. The molecule has 1 aliphatic heterocycles. The lowest BCUT2D eigenvalue weighted by molar-refractivity contribution is 0.0735. The van der Waals surface area contributed by atoms with Gasteiger partial charge in [-0.2, -0.15) is 0 Å². The molecule has 2 heterocycles. The van der Waals surface area contributed by atoms with Gasteiger partial charge in [0.15, 0.2) is 0 Å². The highest BCUT2D eigenvalue weighted by atomic mass is 35.5. The smallest absolute Gasteiger partial charge is 0.286 e. The minimum Gasteiger partial charge on any atom is -0.329 e. The molecule has 0 aliphatic carbocycles.